The van der Waals surface area contributed by atoms with Gasteiger partial charge in [-0.05, 0) is 19.1 Å². The summed E-state index contributed by atoms with van der Waals surface area (Å²) < 4.78 is 0. The lowest BCUT2D eigenvalue weighted by molar-refractivity contribution is 0.699. The monoisotopic (exact) mass is 271 g/mol. The lowest BCUT2D eigenvalue weighted by atomic mass is 10.4. The molecule has 1 heterocycles. The van der Waals surface area contributed by atoms with Crippen LogP contribution >= 0.6 is 11.8 Å². The Labute approximate surface area is 112 Å². The zero-order valence-electron chi connectivity index (χ0n) is 11.0. The Morgan fingerprint density at radius 1 is 1.00 bits per heavy atom. The molecule has 0 saturated heterocycles. The number of anilines is 2. The zero-order chi connectivity index (χ0) is 13.5. The molecule has 0 bridgehead atoms. The van der Waals surface area contributed by atoms with E-state index in [1.807, 2.05) is 20.1 Å². The summed E-state index contributed by atoms with van der Waals surface area (Å²) >= 11 is 1.44. The summed E-state index contributed by atoms with van der Waals surface area (Å²) in [6, 6.07) is 0. The van der Waals surface area contributed by atoms with E-state index in [0.29, 0.717) is 17.1 Å². The van der Waals surface area contributed by atoms with Gasteiger partial charge in [0.2, 0.25) is 11.9 Å². The van der Waals surface area contributed by atoms with E-state index in [9.17, 15) is 0 Å². The molecule has 0 aliphatic heterocycles. The minimum absolute atomic E-state index is 0.171. The third-order valence-corrected chi connectivity index (χ3v) is 2.85. The number of nitrogens with zero attached hydrogens (tertiary/aromatic N) is 3. The molecular formula is C10H21N7S. The van der Waals surface area contributed by atoms with E-state index in [1.54, 1.807) is 0 Å². The third kappa shape index (κ3) is 4.63. The number of thioether (sulfide) groups is 1. The molecule has 18 heavy (non-hydrogen) atoms. The number of aromatic nitrogens is 3. The van der Waals surface area contributed by atoms with Crippen molar-refractivity contribution in [2.24, 2.45) is 11.5 Å². The average molecular weight is 271 g/mol. The molecule has 6 N–H and O–H groups in total. The summed E-state index contributed by atoms with van der Waals surface area (Å²) in [6.07, 6.45) is 3.14. The lowest BCUT2D eigenvalue weighted by Crippen LogP contribution is -2.31. The number of nitrogens with one attached hydrogen (secondary N) is 2. The molecule has 0 aliphatic rings. The average Bonchev–Trinajstić information content (AvgIpc) is 2.37. The Kier molecular flexibility index (Phi) is 6.10. The van der Waals surface area contributed by atoms with Gasteiger partial charge < -0.3 is 22.1 Å². The van der Waals surface area contributed by atoms with Gasteiger partial charge in [0.15, 0.2) is 5.16 Å². The van der Waals surface area contributed by atoms with Crippen molar-refractivity contribution in [3.8, 4) is 0 Å². The first-order valence-corrected chi connectivity index (χ1v) is 7.15. The van der Waals surface area contributed by atoms with Crippen LogP contribution in [0.5, 0.6) is 0 Å². The van der Waals surface area contributed by atoms with Crippen LogP contribution < -0.4 is 22.1 Å². The summed E-state index contributed by atoms with van der Waals surface area (Å²) in [5, 5.41) is 6.67. The van der Waals surface area contributed by atoms with Crippen LogP contribution in [-0.2, 0) is 0 Å². The predicted octanol–water partition coefficient (Wildman–Crippen LogP) is 0.807. The molecule has 0 amide bonds. The van der Waals surface area contributed by atoms with Crippen LogP contribution in [0.25, 0.3) is 0 Å². The molecule has 0 radical (unpaired) electrons. The van der Waals surface area contributed by atoms with E-state index in [4.69, 9.17) is 11.5 Å². The van der Waals surface area contributed by atoms with Crippen molar-refractivity contribution in [1.82, 2.24) is 15.0 Å². The van der Waals surface area contributed by atoms with E-state index in [-0.39, 0.29) is 12.3 Å². The summed E-state index contributed by atoms with van der Waals surface area (Å²) in [5.74, 6) is 0.934. The molecule has 2 atom stereocenters. The fourth-order valence-corrected chi connectivity index (χ4v) is 1.47. The maximum Gasteiger partial charge on any atom is 0.229 e. The van der Waals surface area contributed by atoms with Crippen LogP contribution in [0.2, 0.25) is 0 Å². The minimum Gasteiger partial charge on any atom is -0.339 e. The molecule has 0 saturated carbocycles. The van der Waals surface area contributed by atoms with Crippen molar-refractivity contribution in [3.63, 3.8) is 0 Å². The van der Waals surface area contributed by atoms with Gasteiger partial charge in [0.05, 0.1) is 12.3 Å². The molecule has 0 aliphatic carbocycles. The smallest absolute Gasteiger partial charge is 0.229 e. The van der Waals surface area contributed by atoms with Gasteiger partial charge in [-0.25, -0.2) is 0 Å². The fourth-order valence-electron chi connectivity index (χ4n) is 1.11. The first-order chi connectivity index (χ1) is 8.58. The van der Waals surface area contributed by atoms with E-state index in [0.717, 1.165) is 12.8 Å². The van der Waals surface area contributed by atoms with Crippen LogP contribution in [-0.4, -0.2) is 33.5 Å². The first kappa shape index (κ1) is 14.9. The van der Waals surface area contributed by atoms with Crippen molar-refractivity contribution in [1.29, 1.82) is 0 Å². The van der Waals surface area contributed by atoms with Crippen molar-refractivity contribution < 1.29 is 0 Å². The maximum absolute atomic E-state index is 5.81. The standard InChI is InChI=1S/C10H21N7S/c1-4-6(11)13-8-15-9(14-7(12)5-2)17-10(16-8)18-3/h6-7H,4-5,11-12H2,1-3H3,(H2,13,14,15,16,17). The predicted molar refractivity (Wildman–Crippen MR) is 75.4 cm³/mol. The third-order valence-electron chi connectivity index (χ3n) is 2.31. The minimum atomic E-state index is -0.171. The quantitative estimate of drug-likeness (QED) is 0.425. The van der Waals surface area contributed by atoms with Gasteiger partial charge >= 0.3 is 0 Å². The van der Waals surface area contributed by atoms with Gasteiger partial charge in [-0.15, -0.1) is 0 Å². The highest BCUT2D eigenvalue weighted by Crippen LogP contribution is 2.14. The van der Waals surface area contributed by atoms with Gasteiger partial charge in [-0.1, -0.05) is 25.6 Å². The molecule has 8 heteroatoms. The molecule has 0 spiro atoms. The van der Waals surface area contributed by atoms with Crippen LogP contribution in [0.1, 0.15) is 26.7 Å². The fraction of sp³-hybridized carbons (Fsp3) is 0.700. The molecule has 2 unspecified atom stereocenters. The number of hydrogen-bond acceptors (Lipinski definition) is 8. The SMILES string of the molecule is CCC(N)Nc1nc(NC(N)CC)nc(SC)n1. The van der Waals surface area contributed by atoms with E-state index < -0.39 is 0 Å². The highest BCUT2D eigenvalue weighted by Gasteiger charge is 2.09. The summed E-state index contributed by atoms with van der Waals surface area (Å²) in [4.78, 5) is 12.7. The Morgan fingerprint density at radius 3 is 1.78 bits per heavy atom. The van der Waals surface area contributed by atoms with Gasteiger partial charge in [-0.2, -0.15) is 15.0 Å². The van der Waals surface area contributed by atoms with E-state index >= 15 is 0 Å². The van der Waals surface area contributed by atoms with Gasteiger partial charge in [-0.3, -0.25) is 0 Å². The molecule has 0 fully saturated rings. The second-order valence-electron chi connectivity index (χ2n) is 3.79. The van der Waals surface area contributed by atoms with Gasteiger partial charge in [0.25, 0.3) is 0 Å². The Morgan fingerprint density at radius 2 is 1.44 bits per heavy atom. The first-order valence-electron chi connectivity index (χ1n) is 5.93. The maximum atomic E-state index is 5.81. The Bertz CT molecular complexity index is 343. The second kappa shape index (κ2) is 7.34. The van der Waals surface area contributed by atoms with E-state index in [1.165, 1.54) is 11.8 Å². The second-order valence-corrected chi connectivity index (χ2v) is 4.56. The van der Waals surface area contributed by atoms with Crippen molar-refractivity contribution >= 4 is 23.7 Å². The van der Waals surface area contributed by atoms with Gasteiger partial charge in [0, 0.05) is 0 Å². The molecule has 1 aromatic heterocycles. The summed E-state index contributed by atoms with van der Waals surface area (Å²) in [6.45, 7) is 3.97. The van der Waals surface area contributed by atoms with Crippen molar-refractivity contribution in [3.05, 3.63) is 0 Å². The van der Waals surface area contributed by atoms with Crippen LogP contribution in [0.15, 0.2) is 5.16 Å². The van der Waals surface area contributed by atoms with Crippen LogP contribution in [0.4, 0.5) is 11.9 Å². The lowest BCUT2D eigenvalue weighted by Gasteiger charge is -2.15. The highest BCUT2D eigenvalue weighted by molar-refractivity contribution is 7.98. The number of hydrogen-bond donors (Lipinski definition) is 4. The van der Waals surface area contributed by atoms with Crippen LogP contribution in [0, 0.1) is 0 Å². The number of nitrogens with two attached hydrogens (primary N) is 2. The molecule has 7 nitrogen and oxygen atoms in total. The molecular weight excluding hydrogens is 250 g/mol. The summed E-state index contributed by atoms with van der Waals surface area (Å²) in [7, 11) is 0. The van der Waals surface area contributed by atoms with E-state index in [2.05, 4.69) is 25.6 Å². The molecule has 102 valence electrons. The van der Waals surface area contributed by atoms with Crippen molar-refractivity contribution in [2.45, 2.75) is 44.2 Å². The molecule has 1 rings (SSSR count). The Balaban J connectivity index is 2.87. The molecule has 0 aromatic carbocycles. The normalized spacial score (nSPS) is 14.1. The van der Waals surface area contributed by atoms with Crippen molar-refractivity contribution in [2.75, 3.05) is 16.9 Å². The van der Waals surface area contributed by atoms with Crippen LogP contribution in [0.3, 0.4) is 0 Å². The highest BCUT2D eigenvalue weighted by atomic mass is 32.2. The topological polar surface area (TPSA) is 115 Å². The largest absolute Gasteiger partial charge is 0.339 e. The summed E-state index contributed by atoms with van der Waals surface area (Å²) in [5.41, 5.74) is 11.6. The Hall–Kier alpha value is -1.12. The van der Waals surface area contributed by atoms with Gasteiger partial charge in [0.1, 0.15) is 0 Å². The molecule has 1 aromatic rings. The number of rotatable bonds is 7. The zero-order valence-corrected chi connectivity index (χ0v) is 11.8.